The first-order valence-electron chi connectivity index (χ1n) is 41.4. The fourth-order valence-electron chi connectivity index (χ4n) is 14.8. The smallest absolute Gasteiger partial charge is 0.407 e. The average Bonchev–Trinajstić information content (AvgIpc) is 0.762. The zero-order chi connectivity index (χ0) is 89.1. The number of nitrogens with one attached hydrogen (secondary N) is 1. The lowest BCUT2D eigenvalue weighted by Crippen LogP contribution is -2.69. The molecule has 20 unspecified atom stereocenters. The minimum Gasteiger partial charge on any atom is -0.459 e. The summed E-state index contributed by atoms with van der Waals surface area (Å²) in [6, 6.07) is 82.6. The quantitative estimate of drug-likeness (QED) is 0.0160. The van der Waals surface area contributed by atoms with Gasteiger partial charge in [-0.05, 0) is 88.5 Å². The number of amides is 1. The minimum absolute atomic E-state index is 0.0227. The summed E-state index contributed by atoms with van der Waals surface area (Å²) in [5, 5.41) is 37.7. The third-order valence-corrected chi connectivity index (χ3v) is 21.5. The summed E-state index contributed by atoms with van der Waals surface area (Å²) < 4.78 is 119. The third kappa shape index (κ3) is 26.0. The van der Waals surface area contributed by atoms with Crippen molar-refractivity contribution in [2.45, 2.75) is 160 Å². The predicted molar refractivity (Wildman–Crippen MR) is 460 cm³/mol. The molecule has 128 heavy (non-hydrogen) atoms. The molecule has 20 atom stereocenters. The number of carbonyl (C=O) groups excluding carboxylic acids is 6. The number of hydrogen-bond donors (Lipinski definition) is 4. The van der Waals surface area contributed by atoms with Crippen molar-refractivity contribution in [3.8, 4) is 0 Å². The van der Waals surface area contributed by atoms with Gasteiger partial charge in [0, 0.05) is 0 Å². The fourth-order valence-corrected chi connectivity index (χ4v) is 15.0. The van der Waals surface area contributed by atoms with Crippen LogP contribution < -0.4 is 5.32 Å². The van der Waals surface area contributed by atoms with E-state index in [2.05, 4.69) is 5.32 Å². The van der Waals surface area contributed by atoms with E-state index in [1.165, 1.54) is 60.7 Å². The SMILES string of the molecule is O=C(NC1C(OCC2OC(OC3C(COCc4ccccc4)OC(O)C(O)C3O)C(OC(=O)c3ccccc3)C(OC(=O)c3ccccc3)C2OC(=O)c2ccccc2)OC(COC(=O)c2ccccc2)C(OC2OC(COCc3ccccc3)C(OCc3ccccc3)C(OCc3ccccc3)C2OCc2ccccc2)C1OC(=O)c1ccccc1)OCC(Cl)(Cl)Cl. The number of rotatable bonds is 37. The van der Waals surface area contributed by atoms with Gasteiger partial charge in [-0.2, -0.15) is 0 Å². The van der Waals surface area contributed by atoms with Crippen LogP contribution in [-0.2, 0) is 118 Å². The van der Waals surface area contributed by atoms with Crippen LogP contribution >= 0.6 is 34.8 Å². The van der Waals surface area contributed by atoms with Gasteiger partial charge in [0.05, 0.1) is 80.7 Å². The minimum atomic E-state index is -2.26. The van der Waals surface area contributed by atoms with Gasteiger partial charge in [0.15, 0.2) is 49.6 Å². The number of carbonyl (C=O) groups is 6. The molecule has 14 rings (SSSR count). The molecule has 0 aliphatic carbocycles. The molecule has 31 heteroatoms. The molecule has 4 aliphatic rings. The van der Waals surface area contributed by atoms with E-state index in [1.54, 1.807) is 121 Å². The van der Waals surface area contributed by atoms with E-state index >= 15 is 19.2 Å². The molecule has 10 aromatic rings. The maximum Gasteiger partial charge on any atom is 0.407 e. The van der Waals surface area contributed by atoms with Gasteiger partial charge in [0.2, 0.25) is 3.79 Å². The van der Waals surface area contributed by atoms with Crippen molar-refractivity contribution >= 4 is 70.7 Å². The number of halogens is 3. The Morgan fingerprint density at radius 1 is 0.297 bits per heavy atom. The normalized spacial score (nSPS) is 25.7. The molecule has 670 valence electrons. The molecule has 4 fully saturated rings. The number of hydrogen-bond acceptors (Lipinski definition) is 27. The zero-order valence-corrected chi connectivity index (χ0v) is 71.0. The largest absolute Gasteiger partial charge is 0.459 e. The van der Waals surface area contributed by atoms with Gasteiger partial charge < -0.3 is 106 Å². The number of esters is 5. The van der Waals surface area contributed by atoms with Gasteiger partial charge in [-0.25, -0.2) is 28.8 Å². The molecule has 0 saturated carbocycles. The van der Waals surface area contributed by atoms with Crippen LogP contribution in [-0.4, -0.2) is 211 Å². The first kappa shape index (κ1) is 93.2. The molecular weight excluding hydrogens is 1720 g/mol. The van der Waals surface area contributed by atoms with E-state index in [0.717, 1.165) is 16.7 Å². The van der Waals surface area contributed by atoms with Crippen LogP contribution in [0, 0.1) is 0 Å². The Bertz CT molecular complexity index is 5100. The van der Waals surface area contributed by atoms with E-state index < -0.39 is 189 Å². The molecule has 0 bridgehead atoms. The van der Waals surface area contributed by atoms with E-state index in [0.29, 0.717) is 11.1 Å². The molecule has 0 radical (unpaired) electrons. The second-order valence-corrected chi connectivity index (χ2v) is 32.8. The maximum atomic E-state index is 15.5. The van der Waals surface area contributed by atoms with Crippen molar-refractivity contribution in [2.75, 3.05) is 33.0 Å². The molecule has 1 amide bonds. The van der Waals surface area contributed by atoms with Crippen LogP contribution in [0.1, 0.15) is 79.6 Å². The van der Waals surface area contributed by atoms with Crippen LogP contribution in [0.15, 0.2) is 303 Å². The average molecular weight is 1810 g/mol. The van der Waals surface area contributed by atoms with Crippen LogP contribution in [0.25, 0.3) is 0 Å². The molecule has 4 aliphatic heterocycles. The standard InChI is InChI=1S/C97H94Cl3NO27/c98-97(99,100)60-118-96(110)101-75-82(124-89(106)68-45-25-8-26-46-68)80(128-94-85(115-55-65-39-19-5-20-40-65)83(114-54-64-37-17-4-18-38-64)79(113-53-63-35-15-3-16-36-63)72(121-94)57-112-52-62-33-13-2-14-34-62)73(58-116-87(104)66-41-21-6-22-42-66)120-93(75)117-59-74-81(123-88(105)67-43-23-7-24-44-67)84(125-90(107)69-47-27-9-28-48-69)86(126-91(108)70-49-29-10-30-50-70)95(122-74)127-78-71(119-92(109)77(103)76(78)102)56-111-51-61-31-11-1-12-32-61/h1-50,71-86,92-95,102-103,109H,51-60H2,(H,101,110). The lowest BCUT2D eigenvalue weighted by Gasteiger charge is -2.50. The molecule has 4 saturated heterocycles. The van der Waals surface area contributed by atoms with Crippen LogP contribution in [0.5, 0.6) is 0 Å². The Hall–Kier alpha value is -10.9. The molecule has 0 aromatic heterocycles. The van der Waals surface area contributed by atoms with Gasteiger partial charge in [-0.15, -0.1) is 0 Å². The molecule has 4 N–H and O–H groups in total. The summed E-state index contributed by atoms with van der Waals surface area (Å²) in [5.74, 6) is -5.22. The Morgan fingerprint density at radius 2 is 0.625 bits per heavy atom. The number of alkyl halides is 3. The van der Waals surface area contributed by atoms with Crippen molar-refractivity contribution in [1.29, 1.82) is 0 Å². The Labute approximate surface area is 752 Å². The number of ether oxygens (including phenoxy) is 18. The van der Waals surface area contributed by atoms with E-state index in [4.69, 9.17) is 120 Å². The summed E-state index contributed by atoms with van der Waals surface area (Å²) in [6.45, 7) is -3.48. The number of benzene rings is 10. The van der Waals surface area contributed by atoms with Crippen LogP contribution in [0.4, 0.5) is 4.79 Å². The second-order valence-electron chi connectivity index (χ2n) is 30.3. The highest BCUT2D eigenvalue weighted by atomic mass is 35.6. The Kier molecular flexibility index (Phi) is 33.8. The van der Waals surface area contributed by atoms with Gasteiger partial charge in [-0.1, -0.05) is 277 Å². The van der Waals surface area contributed by atoms with Gasteiger partial charge >= 0.3 is 35.9 Å². The highest BCUT2D eigenvalue weighted by Gasteiger charge is 2.60. The molecule has 4 heterocycles. The predicted octanol–water partition coefficient (Wildman–Crippen LogP) is 12.8. The van der Waals surface area contributed by atoms with Crippen molar-refractivity contribution in [3.05, 3.63) is 359 Å². The first-order chi connectivity index (χ1) is 62.3. The van der Waals surface area contributed by atoms with Crippen molar-refractivity contribution in [1.82, 2.24) is 5.32 Å². The summed E-state index contributed by atoms with van der Waals surface area (Å²) in [4.78, 5) is 90.5. The van der Waals surface area contributed by atoms with Crippen molar-refractivity contribution < 1.29 is 129 Å². The maximum absolute atomic E-state index is 15.5. The topological polar surface area (TPSA) is 341 Å². The molecule has 10 aromatic carbocycles. The lowest BCUT2D eigenvalue weighted by molar-refractivity contribution is -0.368. The zero-order valence-electron chi connectivity index (χ0n) is 68.8. The van der Waals surface area contributed by atoms with E-state index in [1.807, 2.05) is 121 Å². The van der Waals surface area contributed by atoms with Crippen molar-refractivity contribution in [3.63, 3.8) is 0 Å². The number of aliphatic hydroxyl groups is 3. The number of aliphatic hydroxyl groups excluding tert-OH is 3. The van der Waals surface area contributed by atoms with Gasteiger partial charge in [0.1, 0.15) is 86.4 Å². The summed E-state index contributed by atoms with van der Waals surface area (Å²) >= 11 is 18.9. The second kappa shape index (κ2) is 46.4. The summed E-state index contributed by atoms with van der Waals surface area (Å²) in [6.07, 6.45) is -35.6. The monoisotopic (exact) mass is 1810 g/mol. The fraction of sp³-hybridized carbons (Fsp3) is 0.320. The molecular formula is C97H94Cl3NO27. The van der Waals surface area contributed by atoms with E-state index in [-0.39, 0.29) is 67.5 Å². The van der Waals surface area contributed by atoms with Crippen molar-refractivity contribution in [2.24, 2.45) is 0 Å². The van der Waals surface area contributed by atoms with Gasteiger partial charge in [0.25, 0.3) is 0 Å². The third-order valence-electron chi connectivity index (χ3n) is 21.2. The Morgan fingerprint density at radius 3 is 1.05 bits per heavy atom. The summed E-state index contributed by atoms with van der Waals surface area (Å²) in [7, 11) is 0. The Balaban J connectivity index is 0.915. The number of alkyl carbamates (subject to hydrolysis) is 1. The molecule has 0 spiro atoms. The molecule has 28 nitrogen and oxygen atoms in total. The first-order valence-corrected chi connectivity index (χ1v) is 42.5. The highest BCUT2D eigenvalue weighted by Crippen LogP contribution is 2.40. The van der Waals surface area contributed by atoms with Gasteiger partial charge in [-0.3, -0.25) is 0 Å². The lowest BCUT2D eigenvalue weighted by atomic mass is 9.94. The summed E-state index contributed by atoms with van der Waals surface area (Å²) in [5.41, 5.74) is 3.57. The van der Waals surface area contributed by atoms with E-state index in [9.17, 15) is 24.9 Å². The highest BCUT2D eigenvalue weighted by molar-refractivity contribution is 6.67. The van der Waals surface area contributed by atoms with Crippen LogP contribution in [0.3, 0.4) is 0 Å². The van der Waals surface area contributed by atoms with Crippen LogP contribution in [0.2, 0.25) is 0 Å².